The first kappa shape index (κ1) is 17.8. The zero-order chi connectivity index (χ0) is 16.8. The summed E-state index contributed by atoms with van der Waals surface area (Å²) in [4.78, 5) is 8.72. The van der Waals surface area contributed by atoms with E-state index in [2.05, 4.69) is 15.3 Å². The maximum atomic E-state index is 9.04. The van der Waals surface area contributed by atoms with Gasteiger partial charge in [0, 0.05) is 30.9 Å². The first-order valence-corrected chi connectivity index (χ1v) is 8.29. The van der Waals surface area contributed by atoms with Gasteiger partial charge in [0.1, 0.15) is 6.10 Å². The third-order valence-electron chi connectivity index (χ3n) is 3.93. The molecule has 2 atom stereocenters. The minimum atomic E-state index is -0.110. The Morgan fingerprint density at radius 1 is 1.65 bits per heavy atom. The number of nitrogens with zero attached hydrogens (tertiary/aromatic N) is 2. The molecule has 126 valence electrons. The lowest BCUT2D eigenvalue weighted by molar-refractivity contribution is 0.127. The largest absolute Gasteiger partial charge is 0.481 e. The van der Waals surface area contributed by atoms with Gasteiger partial charge in [0.15, 0.2) is 11.6 Å². The van der Waals surface area contributed by atoms with Crippen LogP contribution < -0.4 is 5.32 Å². The Kier molecular flexibility index (Phi) is 6.42. The van der Waals surface area contributed by atoms with Crippen molar-refractivity contribution < 1.29 is 9.84 Å². The molecule has 0 spiro atoms. The predicted octanol–water partition coefficient (Wildman–Crippen LogP) is 3.03. The second kappa shape index (κ2) is 8.31. The van der Waals surface area contributed by atoms with Crippen LogP contribution >= 0.6 is 11.6 Å². The summed E-state index contributed by atoms with van der Waals surface area (Å²) in [5.41, 5.74) is 1.99. The van der Waals surface area contributed by atoms with Gasteiger partial charge in [0.25, 0.3) is 0 Å². The van der Waals surface area contributed by atoms with Gasteiger partial charge < -0.3 is 15.2 Å². The number of aliphatic hydroxyl groups is 1. The molecule has 1 aliphatic rings. The van der Waals surface area contributed by atoms with Crippen LogP contribution in [0.15, 0.2) is 29.1 Å². The molecule has 2 rings (SSSR count). The fraction of sp³-hybridized carbons (Fsp3) is 0.529. The van der Waals surface area contributed by atoms with Crippen molar-refractivity contribution in [2.75, 3.05) is 13.7 Å². The number of hydrogen-bond acceptors (Lipinski definition) is 4. The fourth-order valence-electron chi connectivity index (χ4n) is 2.69. The third-order valence-corrected chi connectivity index (χ3v) is 4.28. The number of aromatic nitrogens is 1. The van der Waals surface area contributed by atoms with E-state index in [9.17, 15) is 0 Å². The lowest BCUT2D eigenvalue weighted by Gasteiger charge is -2.21. The van der Waals surface area contributed by atoms with Crippen LogP contribution in [0.2, 0.25) is 5.02 Å². The van der Waals surface area contributed by atoms with Crippen LogP contribution in [0.1, 0.15) is 44.1 Å². The van der Waals surface area contributed by atoms with E-state index in [1.165, 1.54) is 0 Å². The highest BCUT2D eigenvalue weighted by atomic mass is 35.5. The van der Waals surface area contributed by atoms with Gasteiger partial charge in [-0.05, 0) is 50.8 Å². The first-order chi connectivity index (χ1) is 11.1. The lowest BCUT2D eigenvalue weighted by atomic mass is 10.2. The van der Waals surface area contributed by atoms with Crippen molar-refractivity contribution in [3.05, 3.63) is 40.4 Å². The van der Waals surface area contributed by atoms with Gasteiger partial charge >= 0.3 is 0 Å². The van der Waals surface area contributed by atoms with E-state index in [1.54, 1.807) is 13.2 Å². The molecule has 1 heterocycles. The molecule has 0 aliphatic heterocycles. The highest BCUT2D eigenvalue weighted by Gasteiger charge is 2.28. The van der Waals surface area contributed by atoms with Gasteiger partial charge in [-0.1, -0.05) is 11.6 Å². The number of nitrogens with one attached hydrogen (secondary N) is 1. The predicted molar refractivity (Wildman–Crippen MR) is 92.8 cm³/mol. The molecule has 5 nitrogen and oxygen atoms in total. The molecule has 0 fully saturated rings. The van der Waals surface area contributed by atoms with Gasteiger partial charge in [0.05, 0.1) is 5.69 Å². The zero-order valence-corrected chi connectivity index (χ0v) is 14.6. The Balaban J connectivity index is 2.11. The van der Waals surface area contributed by atoms with Gasteiger partial charge in [-0.25, -0.2) is 0 Å². The Labute approximate surface area is 142 Å². The third kappa shape index (κ3) is 4.24. The summed E-state index contributed by atoms with van der Waals surface area (Å²) in [6, 6.07) is 1.93. The maximum Gasteiger partial charge on any atom is 0.163 e. The molecule has 0 saturated heterocycles. The number of halogens is 1. The van der Waals surface area contributed by atoms with E-state index in [4.69, 9.17) is 21.4 Å². The highest BCUT2D eigenvalue weighted by molar-refractivity contribution is 6.31. The number of fused-ring (bicyclic) bond motifs is 1. The SMILES string of the molecule is C/C=C(/O[C@H]1CCc2c(Cl)ccnc21)C(=NC)N[C@@H](C)CCO. The summed E-state index contributed by atoms with van der Waals surface area (Å²) >= 11 is 6.23. The summed E-state index contributed by atoms with van der Waals surface area (Å²) in [5.74, 6) is 1.38. The van der Waals surface area contributed by atoms with Crippen LogP contribution in [-0.4, -0.2) is 35.6 Å². The number of hydrogen-bond donors (Lipinski definition) is 2. The second-order valence-electron chi connectivity index (χ2n) is 5.58. The molecular weight excluding hydrogens is 314 g/mol. The smallest absolute Gasteiger partial charge is 0.163 e. The molecular formula is C17H24ClN3O2. The molecule has 0 aromatic carbocycles. The Morgan fingerprint density at radius 3 is 3.09 bits per heavy atom. The molecule has 0 bridgehead atoms. The number of pyridine rings is 1. The van der Waals surface area contributed by atoms with Crippen LogP contribution in [0.5, 0.6) is 0 Å². The van der Waals surface area contributed by atoms with E-state index in [-0.39, 0.29) is 18.8 Å². The zero-order valence-electron chi connectivity index (χ0n) is 13.8. The summed E-state index contributed by atoms with van der Waals surface area (Å²) in [6.45, 7) is 4.05. The molecule has 6 heteroatoms. The van der Waals surface area contributed by atoms with Crippen LogP contribution in [0, 0.1) is 0 Å². The molecule has 2 N–H and O–H groups in total. The van der Waals surface area contributed by atoms with Crippen LogP contribution in [0.3, 0.4) is 0 Å². The quantitative estimate of drug-likeness (QED) is 0.475. The summed E-state index contributed by atoms with van der Waals surface area (Å²) in [7, 11) is 1.72. The Hall–Kier alpha value is -1.59. The Morgan fingerprint density at radius 2 is 2.43 bits per heavy atom. The molecule has 0 unspecified atom stereocenters. The number of allylic oxidation sites excluding steroid dienone is 1. The normalized spacial score (nSPS) is 19.4. The van der Waals surface area contributed by atoms with Crippen LogP contribution in [0.4, 0.5) is 0 Å². The molecule has 0 saturated carbocycles. The molecule has 1 aliphatic carbocycles. The number of aliphatic imine (C=N–C) groups is 1. The average Bonchev–Trinajstić information content (AvgIpc) is 2.95. The first-order valence-electron chi connectivity index (χ1n) is 7.91. The topological polar surface area (TPSA) is 66.7 Å². The molecule has 23 heavy (non-hydrogen) atoms. The van der Waals surface area contributed by atoms with Gasteiger partial charge in [0.2, 0.25) is 0 Å². The Bertz CT molecular complexity index is 602. The maximum absolute atomic E-state index is 9.04. The standard InChI is InChI=1S/C17H24ClN3O2/c1-4-14(17(19-3)21-11(2)8-10-22)23-15-6-5-12-13(18)7-9-20-16(12)15/h4,7,9,11,15,22H,5-6,8,10H2,1-3H3,(H,19,21)/b14-4+/t11-,15-/m0/s1. The van der Waals surface area contributed by atoms with Crippen molar-refractivity contribution in [3.8, 4) is 0 Å². The number of aliphatic hydroxyl groups excluding tert-OH is 1. The second-order valence-corrected chi connectivity index (χ2v) is 5.99. The van der Waals surface area contributed by atoms with Crippen LogP contribution in [-0.2, 0) is 11.2 Å². The van der Waals surface area contributed by atoms with Gasteiger partial charge in [-0.2, -0.15) is 0 Å². The van der Waals surface area contributed by atoms with Crippen molar-refractivity contribution in [2.24, 2.45) is 4.99 Å². The molecule has 1 aromatic heterocycles. The monoisotopic (exact) mass is 337 g/mol. The van der Waals surface area contributed by atoms with Crippen LogP contribution in [0.25, 0.3) is 0 Å². The fourth-order valence-corrected chi connectivity index (χ4v) is 2.94. The summed E-state index contributed by atoms with van der Waals surface area (Å²) in [6.07, 6.45) is 5.88. The minimum Gasteiger partial charge on any atom is -0.481 e. The molecule has 0 amide bonds. The van der Waals surface area contributed by atoms with Crippen molar-refractivity contribution in [1.29, 1.82) is 0 Å². The average molecular weight is 338 g/mol. The lowest BCUT2D eigenvalue weighted by Crippen LogP contribution is -2.35. The summed E-state index contributed by atoms with van der Waals surface area (Å²) < 4.78 is 6.16. The van der Waals surface area contributed by atoms with Crippen molar-refractivity contribution in [3.63, 3.8) is 0 Å². The van der Waals surface area contributed by atoms with Gasteiger partial charge in [-0.15, -0.1) is 0 Å². The van der Waals surface area contributed by atoms with E-state index in [1.807, 2.05) is 26.0 Å². The van der Waals surface area contributed by atoms with E-state index < -0.39 is 0 Å². The van der Waals surface area contributed by atoms with Crippen molar-refractivity contribution in [2.45, 2.75) is 45.3 Å². The molecule has 0 radical (unpaired) electrons. The minimum absolute atomic E-state index is 0.110. The molecule has 1 aromatic rings. The van der Waals surface area contributed by atoms with Crippen molar-refractivity contribution in [1.82, 2.24) is 10.3 Å². The van der Waals surface area contributed by atoms with Gasteiger partial charge in [-0.3, -0.25) is 9.98 Å². The van der Waals surface area contributed by atoms with Crippen molar-refractivity contribution >= 4 is 17.4 Å². The van der Waals surface area contributed by atoms with E-state index in [0.29, 0.717) is 18.0 Å². The number of rotatable bonds is 6. The number of amidine groups is 1. The number of ether oxygens (including phenoxy) is 1. The highest BCUT2D eigenvalue weighted by Crippen LogP contribution is 2.37. The van der Waals surface area contributed by atoms with E-state index >= 15 is 0 Å². The van der Waals surface area contributed by atoms with E-state index in [0.717, 1.165) is 29.1 Å². The summed E-state index contributed by atoms with van der Waals surface area (Å²) in [5, 5.41) is 13.1.